The van der Waals surface area contributed by atoms with Gasteiger partial charge >= 0.3 is 0 Å². The molecule has 1 saturated heterocycles. The second-order valence-electron chi connectivity index (χ2n) is 5.56. The lowest BCUT2D eigenvalue weighted by molar-refractivity contribution is -0.0555. The summed E-state index contributed by atoms with van der Waals surface area (Å²) in [4.78, 5) is 3.69. The van der Waals surface area contributed by atoms with Crippen molar-refractivity contribution in [1.82, 2.24) is 10.2 Å². The van der Waals surface area contributed by atoms with Gasteiger partial charge in [-0.1, -0.05) is 18.5 Å². The normalized spacial score (nSPS) is 22.4. The molecule has 1 aromatic rings. The van der Waals surface area contributed by atoms with E-state index in [1.54, 1.807) is 11.3 Å². The van der Waals surface area contributed by atoms with Crippen LogP contribution in [-0.2, 0) is 4.74 Å². The number of nitrogens with one attached hydrogen (secondary N) is 1. The monoisotopic (exact) mass is 316 g/mol. The molecule has 0 aromatic carbocycles. The molecular formula is C15H25ClN2OS. The number of hydrogen-bond donors (Lipinski definition) is 1. The van der Waals surface area contributed by atoms with E-state index in [9.17, 15) is 0 Å². The number of halogens is 1. The van der Waals surface area contributed by atoms with Crippen LogP contribution in [0.5, 0.6) is 0 Å². The van der Waals surface area contributed by atoms with Crippen LogP contribution in [-0.4, -0.2) is 43.3 Å². The van der Waals surface area contributed by atoms with E-state index in [1.807, 2.05) is 6.07 Å². The van der Waals surface area contributed by atoms with Crippen LogP contribution >= 0.6 is 22.9 Å². The third-order valence-corrected chi connectivity index (χ3v) is 5.21. The van der Waals surface area contributed by atoms with Gasteiger partial charge in [0, 0.05) is 24.0 Å². The SMILES string of the molecule is CCCNC(c1sccc1Cl)C1CN(C(C)C)CCO1. The molecule has 0 saturated carbocycles. The van der Waals surface area contributed by atoms with E-state index in [-0.39, 0.29) is 12.1 Å². The van der Waals surface area contributed by atoms with Gasteiger partial charge in [-0.15, -0.1) is 11.3 Å². The summed E-state index contributed by atoms with van der Waals surface area (Å²) in [7, 11) is 0. The Morgan fingerprint density at radius 2 is 2.35 bits per heavy atom. The van der Waals surface area contributed by atoms with Crippen molar-refractivity contribution in [3.8, 4) is 0 Å². The van der Waals surface area contributed by atoms with Crippen molar-refractivity contribution >= 4 is 22.9 Å². The summed E-state index contributed by atoms with van der Waals surface area (Å²) in [6.45, 7) is 10.4. The second-order valence-corrected chi connectivity index (χ2v) is 6.92. The molecule has 1 aliphatic heterocycles. The zero-order valence-corrected chi connectivity index (χ0v) is 14.1. The highest BCUT2D eigenvalue weighted by atomic mass is 35.5. The summed E-state index contributed by atoms with van der Waals surface area (Å²) in [5.41, 5.74) is 0. The largest absolute Gasteiger partial charge is 0.374 e. The van der Waals surface area contributed by atoms with E-state index in [4.69, 9.17) is 16.3 Å². The van der Waals surface area contributed by atoms with Crippen LogP contribution in [0.4, 0.5) is 0 Å². The van der Waals surface area contributed by atoms with Gasteiger partial charge in [-0.2, -0.15) is 0 Å². The summed E-state index contributed by atoms with van der Waals surface area (Å²) in [6.07, 6.45) is 1.29. The van der Waals surface area contributed by atoms with Gasteiger partial charge in [0.2, 0.25) is 0 Å². The molecular weight excluding hydrogens is 292 g/mol. The Bertz CT molecular complexity index is 410. The maximum Gasteiger partial charge on any atom is 0.0905 e. The van der Waals surface area contributed by atoms with Gasteiger partial charge in [0.25, 0.3) is 0 Å². The molecule has 1 fully saturated rings. The highest BCUT2D eigenvalue weighted by molar-refractivity contribution is 7.10. The molecule has 1 N–H and O–H groups in total. The molecule has 1 aromatic heterocycles. The third-order valence-electron chi connectivity index (χ3n) is 3.77. The maximum absolute atomic E-state index is 6.33. The molecule has 2 rings (SSSR count). The number of ether oxygens (including phenoxy) is 1. The molecule has 0 amide bonds. The summed E-state index contributed by atoms with van der Waals surface area (Å²) < 4.78 is 6.04. The summed E-state index contributed by atoms with van der Waals surface area (Å²) in [5, 5.41) is 6.53. The molecule has 3 nitrogen and oxygen atoms in total. The van der Waals surface area contributed by atoms with Crippen molar-refractivity contribution in [1.29, 1.82) is 0 Å². The minimum atomic E-state index is 0.175. The average molecular weight is 317 g/mol. The van der Waals surface area contributed by atoms with Crippen LogP contribution in [0.2, 0.25) is 5.02 Å². The minimum Gasteiger partial charge on any atom is -0.374 e. The molecule has 2 heterocycles. The Balaban J connectivity index is 2.12. The first-order valence-corrected chi connectivity index (χ1v) is 8.71. The van der Waals surface area contributed by atoms with Crippen molar-refractivity contribution in [3.63, 3.8) is 0 Å². The molecule has 0 aliphatic carbocycles. The van der Waals surface area contributed by atoms with E-state index >= 15 is 0 Å². The predicted octanol–water partition coefficient (Wildman–Crippen LogP) is 3.55. The number of thiophene rings is 1. The molecule has 114 valence electrons. The summed E-state index contributed by atoms with van der Waals surface area (Å²) in [5.74, 6) is 0. The minimum absolute atomic E-state index is 0.175. The van der Waals surface area contributed by atoms with Crippen LogP contribution < -0.4 is 5.32 Å². The van der Waals surface area contributed by atoms with Crippen LogP contribution in [0.15, 0.2) is 11.4 Å². The Kier molecular flexibility index (Phi) is 6.30. The molecule has 2 unspecified atom stereocenters. The number of rotatable bonds is 6. The van der Waals surface area contributed by atoms with Gasteiger partial charge < -0.3 is 10.1 Å². The van der Waals surface area contributed by atoms with Crippen molar-refractivity contribution < 1.29 is 4.74 Å². The third kappa shape index (κ3) is 3.95. The number of hydrogen-bond acceptors (Lipinski definition) is 4. The van der Waals surface area contributed by atoms with Crippen molar-refractivity contribution in [2.45, 2.75) is 45.4 Å². The van der Waals surface area contributed by atoms with Crippen molar-refractivity contribution in [2.75, 3.05) is 26.2 Å². The van der Waals surface area contributed by atoms with Crippen LogP contribution in [0.3, 0.4) is 0 Å². The molecule has 0 bridgehead atoms. The Hall–Kier alpha value is -0.130. The fourth-order valence-corrected chi connectivity index (χ4v) is 3.89. The average Bonchev–Trinajstić information content (AvgIpc) is 2.86. The lowest BCUT2D eigenvalue weighted by Crippen LogP contribution is -2.50. The number of nitrogens with zero attached hydrogens (tertiary/aromatic N) is 1. The van der Waals surface area contributed by atoms with Crippen LogP contribution in [0.1, 0.15) is 38.1 Å². The fourth-order valence-electron chi connectivity index (χ4n) is 2.59. The first-order valence-electron chi connectivity index (χ1n) is 7.45. The second kappa shape index (κ2) is 7.76. The topological polar surface area (TPSA) is 24.5 Å². The lowest BCUT2D eigenvalue weighted by atomic mass is 10.1. The summed E-state index contributed by atoms with van der Waals surface area (Å²) >= 11 is 8.05. The zero-order valence-electron chi connectivity index (χ0n) is 12.6. The van der Waals surface area contributed by atoms with E-state index in [2.05, 4.69) is 36.4 Å². The molecule has 20 heavy (non-hydrogen) atoms. The van der Waals surface area contributed by atoms with E-state index in [1.165, 1.54) is 4.88 Å². The quantitative estimate of drug-likeness (QED) is 0.868. The first-order chi connectivity index (χ1) is 9.63. The molecule has 5 heteroatoms. The molecule has 2 atom stereocenters. The van der Waals surface area contributed by atoms with Gasteiger partial charge in [0.1, 0.15) is 0 Å². The Labute approximate surface area is 131 Å². The van der Waals surface area contributed by atoms with E-state index in [0.29, 0.717) is 6.04 Å². The fraction of sp³-hybridized carbons (Fsp3) is 0.733. The lowest BCUT2D eigenvalue weighted by Gasteiger charge is -2.39. The molecule has 1 aliphatic rings. The van der Waals surface area contributed by atoms with Gasteiger partial charge in [-0.05, 0) is 38.3 Å². The first kappa shape index (κ1) is 16.2. The smallest absolute Gasteiger partial charge is 0.0905 e. The van der Waals surface area contributed by atoms with Gasteiger partial charge in [-0.25, -0.2) is 0 Å². The highest BCUT2D eigenvalue weighted by Crippen LogP contribution is 2.33. The maximum atomic E-state index is 6.33. The van der Waals surface area contributed by atoms with Gasteiger partial charge in [0.15, 0.2) is 0 Å². The van der Waals surface area contributed by atoms with Gasteiger partial charge in [0.05, 0.1) is 23.8 Å². The van der Waals surface area contributed by atoms with Crippen LogP contribution in [0, 0.1) is 0 Å². The van der Waals surface area contributed by atoms with Gasteiger partial charge in [-0.3, -0.25) is 4.90 Å². The zero-order chi connectivity index (χ0) is 14.5. The van der Waals surface area contributed by atoms with Crippen molar-refractivity contribution in [2.24, 2.45) is 0 Å². The van der Waals surface area contributed by atoms with E-state index < -0.39 is 0 Å². The van der Waals surface area contributed by atoms with Crippen molar-refractivity contribution in [3.05, 3.63) is 21.3 Å². The predicted molar refractivity (Wildman–Crippen MR) is 86.8 cm³/mol. The Morgan fingerprint density at radius 3 is 2.95 bits per heavy atom. The highest BCUT2D eigenvalue weighted by Gasteiger charge is 2.31. The Morgan fingerprint density at radius 1 is 1.55 bits per heavy atom. The number of morpholine rings is 1. The molecule has 0 spiro atoms. The van der Waals surface area contributed by atoms with Crippen LogP contribution in [0.25, 0.3) is 0 Å². The molecule has 0 radical (unpaired) electrons. The van der Waals surface area contributed by atoms with E-state index in [0.717, 1.165) is 37.7 Å². The summed E-state index contributed by atoms with van der Waals surface area (Å²) in [6, 6.07) is 2.74. The standard InChI is InChI=1S/C15H25ClN2OS/c1-4-6-17-14(15-12(16)5-9-20-15)13-10-18(11(2)3)7-8-19-13/h5,9,11,13-14,17H,4,6-8,10H2,1-3H3.